The molecule has 0 aromatic rings. The highest BCUT2D eigenvalue weighted by Crippen LogP contribution is 2.21. The van der Waals surface area contributed by atoms with Gasteiger partial charge in [0.25, 0.3) is 0 Å². The summed E-state index contributed by atoms with van der Waals surface area (Å²) in [5.41, 5.74) is 0. The molecule has 0 aliphatic carbocycles. The average Bonchev–Trinajstić information content (AvgIpc) is 2.74. The van der Waals surface area contributed by atoms with Crippen LogP contribution in [-0.4, -0.2) is 62.0 Å². The van der Waals surface area contributed by atoms with Crippen LogP contribution in [0.2, 0.25) is 0 Å². The maximum Gasteiger partial charge on any atom is 0.0590 e. The number of aliphatic hydroxyl groups is 1. The van der Waals surface area contributed by atoms with E-state index in [1.165, 1.54) is 0 Å². The minimum Gasteiger partial charge on any atom is -0.395 e. The van der Waals surface area contributed by atoms with Crippen LogP contribution in [0.5, 0.6) is 0 Å². The Morgan fingerprint density at radius 1 is 1.43 bits per heavy atom. The number of nitrogens with zero attached hydrogens (tertiary/aromatic N) is 1. The summed E-state index contributed by atoms with van der Waals surface area (Å²) in [5, 5.41) is 12.8. The van der Waals surface area contributed by atoms with Crippen molar-refractivity contribution >= 4 is 0 Å². The van der Waals surface area contributed by atoms with Gasteiger partial charge in [-0.2, -0.15) is 0 Å². The molecule has 2 heterocycles. The molecule has 0 radical (unpaired) electrons. The molecule has 2 saturated heterocycles. The van der Waals surface area contributed by atoms with Crippen molar-refractivity contribution in [1.82, 2.24) is 10.2 Å². The Labute approximate surface area is 85.2 Å². The number of hydrogen-bond acceptors (Lipinski definition) is 4. The van der Waals surface area contributed by atoms with Crippen LogP contribution < -0.4 is 5.32 Å². The fourth-order valence-electron chi connectivity index (χ4n) is 2.43. The molecule has 2 aliphatic rings. The quantitative estimate of drug-likeness (QED) is 0.632. The minimum absolute atomic E-state index is 0.272. The summed E-state index contributed by atoms with van der Waals surface area (Å²) in [6.07, 6.45) is 1.11. The van der Waals surface area contributed by atoms with Gasteiger partial charge in [-0.1, -0.05) is 0 Å². The van der Waals surface area contributed by atoms with Crippen LogP contribution in [0.1, 0.15) is 6.42 Å². The molecule has 0 spiro atoms. The number of piperazine rings is 1. The third-order valence-corrected chi connectivity index (χ3v) is 3.32. The van der Waals surface area contributed by atoms with E-state index in [9.17, 15) is 5.11 Å². The Kier molecular flexibility index (Phi) is 3.75. The fourth-order valence-corrected chi connectivity index (χ4v) is 2.43. The molecule has 0 bridgehead atoms. The minimum atomic E-state index is 0.272. The average molecular weight is 200 g/mol. The summed E-state index contributed by atoms with van der Waals surface area (Å²) in [7, 11) is 0. The smallest absolute Gasteiger partial charge is 0.0590 e. The van der Waals surface area contributed by atoms with Gasteiger partial charge in [0, 0.05) is 44.7 Å². The zero-order valence-electron chi connectivity index (χ0n) is 8.61. The molecule has 2 rings (SSSR count). The Hall–Kier alpha value is -0.160. The van der Waals surface area contributed by atoms with Crippen LogP contribution in [0.3, 0.4) is 0 Å². The monoisotopic (exact) mass is 200 g/mol. The largest absolute Gasteiger partial charge is 0.395 e. The standard InChI is InChI=1S/C10H20N2O2/c13-7-10(9-1-6-14-8-9)12-4-2-11-3-5-12/h9-11,13H,1-8H2. The first kappa shape index (κ1) is 10.4. The summed E-state index contributed by atoms with van der Waals surface area (Å²) in [6.45, 7) is 6.17. The molecule has 0 aromatic heterocycles. The molecule has 0 amide bonds. The van der Waals surface area contributed by atoms with E-state index in [1.54, 1.807) is 0 Å². The molecule has 4 heteroatoms. The van der Waals surface area contributed by atoms with Crippen molar-refractivity contribution in [3.05, 3.63) is 0 Å². The summed E-state index contributed by atoms with van der Waals surface area (Å²) >= 11 is 0. The van der Waals surface area contributed by atoms with Gasteiger partial charge >= 0.3 is 0 Å². The van der Waals surface area contributed by atoms with Crippen molar-refractivity contribution in [2.75, 3.05) is 46.0 Å². The van der Waals surface area contributed by atoms with Gasteiger partial charge in [0.1, 0.15) is 0 Å². The van der Waals surface area contributed by atoms with E-state index < -0.39 is 0 Å². The van der Waals surface area contributed by atoms with Gasteiger partial charge < -0.3 is 15.2 Å². The Morgan fingerprint density at radius 3 is 2.79 bits per heavy atom. The highest BCUT2D eigenvalue weighted by Gasteiger charge is 2.30. The van der Waals surface area contributed by atoms with Gasteiger partial charge in [-0.25, -0.2) is 0 Å². The number of aliphatic hydroxyl groups excluding tert-OH is 1. The second-order valence-corrected chi connectivity index (χ2v) is 4.16. The normalized spacial score (nSPS) is 31.9. The number of hydrogen-bond donors (Lipinski definition) is 2. The Morgan fingerprint density at radius 2 is 2.21 bits per heavy atom. The van der Waals surface area contributed by atoms with Crippen molar-refractivity contribution in [2.45, 2.75) is 12.5 Å². The Bertz CT molecular complexity index is 166. The number of ether oxygens (including phenoxy) is 1. The first-order chi connectivity index (χ1) is 6.92. The van der Waals surface area contributed by atoms with Crippen LogP contribution in [0.4, 0.5) is 0 Å². The predicted octanol–water partition coefficient (Wildman–Crippen LogP) is -0.711. The molecule has 2 atom stereocenters. The maximum atomic E-state index is 9.42. The second-order valence-electron chi connectivity index (χ2n) is 4.16. The van der Waals surface area contributed by atoms with E-state index in [1.807, 2.05) is 0 Å². The lowest BCUT2D eigenvalue weighted by atomic mass is 9.97. The molecule has 2 N–H and O–H groups in total. The van der Waals surface area contributed by atoms with Crippen molar-refractivity contribution in [3.63, 3.8) is 0 Å². The highest BCUT2D eigenvalue weighted by molar-refractivity contribution is 4.83. The summed E-state index contributed by atoms with van der Waals surface area (Å²) in [6, 6.07) is 0.319. The predicted molar refractivity (Wildman–Crippen MR) is 54.2 cm³/mol. The van der Waals surface area contributed by atoms with Crippen molar-refractivity contribution < 1.29 is 9.84 Å². The lowest BCUT2D eigenvalue weighted by molar-refractivity contribution is 0.0627. The van der Waals surface area contributed by atoms with Gasteiger partial charge in [0.2, 0.25) is 0 Å². The van der Waals surface area contributed by atoms with Gasteiger partial charge in [-0.3, -0.25) is 4.90 Å². The van der Waals surface area contributed by atoms with Crippen molar-refractivity contribution in [1.29, 1.82) is 0 Å². The third-order valence-electron chi connectivity index (χ3n) is 3.32. The number of rotatable bonds is 3. The summed E-state index contributed by atoms with van der Waals surface area (Å²) in [5.74, 6) is 0.540. The number of nitrogens with one attached hydrogen (secondary N) is 1. The highest BCUT2D eigenvalue weighted by atomic mass is 16.5. The van der Waals surface area contributed by atoms with E-state index in [-0.39, 0.29) is 6.61 Å². The molecule has 0 aromatic carbocycles. The Balaban J connectivity index is 1.89. The first-order valence-electron chi connectivity index (χ1n) is 5.55. The van der Waals surface area contributed by atoms with E-state index >= 15 is 0 Å². The zero-order valence-corrected chi connectivity index (χ0v) is 8.61. The molecule has 2 fully saturated rings. The second kappa shape index (κ2) is 5.07. The fraction of sp³-hybridized carbons (Fsp3) is 1.00. The third kappa shape index (κ3) is 2.25. The maximum absolute atomic E-state index is 9.42. The van der Waals surface area contributed by atoms with E-state index in [2.05, 4.69) is 10.2 Å². The lowest BCUT2D eigenvalue weighted by Gasteiger charge is -2.36. The van der Waals surface area contributed by atoms with Crippen LogP contribution in [0.15, 0.2) is 0 Å². The molecular weight excluding hydrogens is 180 g/mol. The van der Waals surface area contributed by atoms with Crippen LogP contribution >= 0.6 is 0 Å². The van der Waals surface area contributed by atoms with E-state index in [0.717, 1.165) is 45.8 Å². The van der Waals surface area contributed by atoms with E-state index in [0.29, 0.717) is 12.0 Å². The molecule has 4 nitrogen and oxygen atoms in total. The molecular formula is C10H20N2O2. The van der Waals surface area contributed by atoms with Crippen molar-refractivity contribution in [2.24, 2.45) is 5.92 Å². The molecule has 2 unspecified atom stereocenters. The SMILES string of the molecule is OCC(C1CCOC1)N1CCNCC1. The van der Waals surface area contributed by atoms with Gasteiger partial charge in [0.05, 0.1) is 13.2 Å². The summed E-state index contributed by atoms with van der Waals surface area (Å²) in [4.78, 5) is 2.40. The van der Waals surface area contributed by atoms with Crippen LogP contribution in [0.25, 0.3) is 0 Å². The van der Waals surface area contributed by atoms with Gasteiger partial charge in [-0.15, -0.1) is 0 Å². The molecule has 2 aliphatic heterocycles. The molecule has 82 valence electrons. The van der Waals surface area contributed by atoms with Gasteiger partial charge in [-0.05, 0) is 6.42 Å². The summed E-state index contributed by atoms with van der Waals surface area (Å²) < 4.78 is 5.38. The van der Waals surface area contributed by atoms with Crippen LogP contribution in [-0.2, 0) is 4.74 Å². The lowest BCUT2D eigenvalue weighted by Crippen LogP contribution is -2.52. The molecule has 0 saturated carbocycles. The zero-order chi connectivity index (χ0) is 9.80. The topological polar surface area (TPSA) is 44.7 Å². The van der Waals surface area contributed by atoms with Crippen LogP contribution in [0, 0.1) is 5.92 Å². The van der Waals surface area contributed by atoms with Gasteiger partial charge in [0.15, 0.2) is 0 Å². The first-order valence-corrected chi connectivity index (χ1v) is 5.55. The van der Waals surface area contributed by atoms with Crippen molar-refractivity contribution in [3.8, 4) is 0 Å². The van der Waals surface area contributed by atoms with E-state index in [4.69, 9.17) is 4.74 Å². The molecule has 14 heavy (non-hydrogen) atoms.